The summed E-state index contributed by atoms with van der Waals surface area (Å²) >= 11 is 6.02. The van der Waals surface area contributed by atoms with Gasteiger partial charge in [0, 0.05) is 28.9 Å². The molecular weight excluding hydrogens is 336 g/mol. The normalized spacial score (nSPS) is 11.3. The third-order valence-corrected chi connectivity index (χ3v) is 4.06. The van der Waals surface area contributed by atoms with Gasteiger partial charge in [-0.25, -0.2) is 4.99 Å². The third-order valence-electron chi connectivity index (χ3n) is 3.83. The van der Waals surface area contributed by atoms with Crippen LogP contribution in [0.4, 0.5) is 0 Å². The number of halogens is 1. The molecular formula is C19H25ClN4O. The maximum atomic E-state index is 6.02. The summed E-state index contributed by atoms with van der Waals surface area (Å²) in [4.78, 5) is 9.11. The van der Waals surface area contributed by atoms with E-state index in [0.29, 0.717) is 13.1 Å². The van der Waals surface area contributed by atoms with E-state index >= 15 is 0 Å². The number of nitrogens with zero attached hydrogens (tertiary/aromatic N) is 2. The van der Waals surface area contributed by atoms with Crippen molar-refractivity contribution in [3.05, 3.63) is 57.9 Å². The molecule has 5 nitrogen and oxygen atoms in total. The van der Waals surface area contributed by atoms with Gasteiger partial charge in [-0.3, -0.25) is 4.98 Å². The summed E-state index contributed by atoms with van der Waals surface area (Å²) in [7, 11) is 1.68. The van der Waals surface area contributed by atoms with Gasteiger partial charge in [0.15, 0.2) is 5.96 Å². The highest BCUT2D eigenvalue weighted by atomic mass is 35.5. The van der Waals surface area contributed by atoms with Crippen molar-refractivity contribution >= 4 is 17.6 Å². The molecule has 1 heterocycles. The van der Waals surface area contributed by atoms with Crippen LogP contribution < -0.4 is 15.4 Å². The summed E-state index contributed by atoms with van der Waals surface area (Å²) in [5, 5.41) is 7.28. The fourth-order valence-corrected chi connectivity index (χ4v) is 2.78. The standard InChI is InChI=1S/C19H25ClN4O/c1-5-21-19(23-11-15-7-6-8-16(20)9-15)24-12-17-14(3)18(25-4)13(2)10-22-17/h6-10H,5,11-12H2,1-4H3,(H2,21,23,24). The second kappa shape index (κ2) is 9.28. The molecule has 1 aromatic carbocycles. The minimum Gasteiger partial charge on any atom is -0.496 e. The van der Waals surface area contributed by atoms with Crippen LogP contribution in [0.2, 0.25) is 5.02 Å². The molecule has 0 radical (unpaired) electrons. The zero-order chi connectivity index (χ0) is 18.2. The smallest absolute Gasteiger partial charge is 0.191 e. The number of aryl methyl sites for hydroxylation is 1. The molecule has 25 heavy (non-hydrogen) atoms. The quantitative estimate of drug-likeness (QED) is 0.610. The first-order valence-corrected chi connectivity index (χ1v) is 8.68. The molecule has 1 aromatic heterocycles. The number of ether oxygens (including phenoxy) is 1. The monoisotopic (exact) mass is 360 g/mol. The molecule has 2 rings (SSSR count). The molecule has 0 fully saturated rings. The van der Waals surface area contributed by atoms with Crippen LogP contribution in [0.25, 0.3) is 0 Å². The molecule has 134 valence electrons. The molecule has 0 aliphatic rings. The summed E-state index contributed by atoms with van der Waals surface area (Å²) in [5.41, 5.74) is 4.08. The van der Waals surface area contributed by atoms with Crippen molar-refractivity contribution in [3.8, 4) is 5.75 Å². The Bertz CT molecular complexity index is 746. The molecule has 0 spiro atoms. The minimum absolute atomic E-state index is 0.555. The first-order chi connectivity index (χ1) is 12.0. The van der Waals surface area contributed by atoms with Crippen LogP contribution in [0.15, 0.2) is 35.5 Å². The molecule has 0 aliphatic carbocycles. The maximum absolute atomic E-state index is 6.02. The lowest BCUT2D eigenvalue weighted by molar-refractivity contribution is 0.406. The van der Waals surface area contributed by atoms with Gasteiger partial charge in [-0.1, -0.05) is 23.7 Å². The Morgan fingerprint density at radius 2 is 2.08 bits per heavy atom. The number of hydrogen-bond donors (Lipinski definition) is 2. The Hall–Kier alpha value is -2.27. The van der Waals surface area contributed by atoms with Crippen LogP contribution in [-0.2, 0) is 13.1 Å². The molecule has 0 bridgehead atoms. The number of aromatic nitrogens is 1. The number of nitrogens with one attached hydrogen (secondary N) is 2. The number of aliphatic imine (C=N–C) groups is 1. The molecule has 0 atom stereocenters. The zero-order valence-electron chi connectivity index (χ0n) is 15.2. The molecule has 0 unspecified atom stereocenters. The van der Waals surface area contributed by atoms with Gasteiger partial charge in [0.05, 0.1) is 25.9 Å². The second-order valence-electron chi connectivity index (χ2n) is 5.72. The molecule has 0 amide bonds. The number of guanidine groups is 1. The van der Waals surface area contributed by atoms with Gasteiger partial charge in [-0.2, -0.15) is 0 Å². The van der Waals surface area contributed by atoms with Crippen molar-refractivity contribution in [2.45, 2.75) is 33.9 Å². The van der Waals surface area contributed by atoms with E-state index in [1.165, 1.54) is 0 Å². The third kappa shape index (κ3) is 5.36. The van der Waals surface area contributed by atoms with Crippen LogP contribution in [0.1, 0.15) is 29.3 Å². The van der Waals surface area contributed by atoms with E-state index < -0.39 is 0 Å². The van der Waals surface area contributed by atoms with Gasteiger partial charge in [0.25, 0.3) is 0 Å². The van der Waals surface area contributed by atoms with Crippen molar-refractivity contribution in [3.63, 3.8) is 0 Å². The van der Waals surface area contributed by atoms with Gasteiger partial charge in [-0.05, 0) is 38.5 Å². The highest BCUT2D eigenvalue weighted by Gasteiger charge is 2.09. The second-order valence-corrected chi connectivity index (χ2v) is 6.16. The van der Waals surface area contributed by atoms with Gasteiger partial charge in [-0.15, -0.1) is 0 Å². The van der Waals surface area contributed by atoms with Crippen molar-refractivity contribution in [2.75, 3.05) is 13.7 Å². The van der Waals surface area contributed by atoms with E-state index in [1.807, 2.05) is 51.2 Å². The van der Waals surface area contributed by atoms with Crippen molar-refractivity contribution < 1.29 is 4.74 Å². The molecule has 0 aliphatic heterocycles. The molecule has 0 saturated carbocycles. The van der Waals surface area contributed by atoms with Crippen LogP contribution in [-0.4, -0.2) is 24.6 Å². The van der Waals surface area contributed by atoms with Gasteiger partial charge >= 0.3 is 0 Å². The van der Waals surface area contributed by atoms with E-state index in [4.69, 9.17) is 16.3 Å². The Kier molecular flexibility index (Phi) is 7.07. The minimum atomic E-state index is 0.555. The highest BCUT2D eigenvalue weighted by molar-refractivity contribution is 6.30. The van der Waals surface area contributed by atoms with Crippen LogP contribution >= 0.6 is 11.6 Å². The van der Waals surface area contributed by atoms with Crippen LogP contribution in [0.5, 0.6) is 5.75 Å². The SMILES string of the molecule is CCNC(=NCc1cccc(Cl)c1)NCc1ncc(C)c(OC)c1C. The first kappa shape index (κ1) is 19.1. The number of methoxy groups -OCH3 is 1. The Balaban J connectivity index is 2.08. The topological polar surface area (TPSA) is 58.5 Å². The maximum Gasteiger partial charge on any atom is 0.191 e. The summed E-state index contributed by atoms with van der Waals surface area (Å²) in [6.07, 6.45) is 1.83. The van der Waals surface area contributed by atoms with Gasteiger partial charge in [0.2, 0.25) is 0 Å². The number of benzene rings is 1. The number of pyridine rings is 1. The molecule has 2 aromatic rings. The van der Waals surface area contributed by atoms with E-state index in [0.717, 1.165) is 45.7 Å². The molecule has 2 N–H and O–H groups in total. The fraction of sp³-hybridized carbons (Fsp3) is 0.368. The zero-order valence-corrected chi connectivity index (χ0v) is 15.9. The van der Waals surface area contributed by atoms with Crippen LogP contribution in [0.3, 0.4) is 0 Å². The van der Waals surface area contributed by atoms with Crippen LogP contribution in [0, 0.1) is 13.8 Å². The first-order valence-electron chi connectivity index (χ1n) is 8.30. The van der Waals surface area contributed by atoms with Crippen molar-refractivity contribution in [1.29, 1.82) is 0 Å². The number of rotatable bonds is 6. The largest absolute Gasteiger partial charge is 0.496 e. The lowest BCUT2D eigenvalue weighted by Gasteiger charge is -2.15. The fourth-order valence-electron chi connectivity index (χ4n) is 2.56. The lowest BCUT2D eigenvalue weighted by Crippen LogP contribution is -2.37. The Morgan fingerprint density at radius 1 is 1.28 bits per heavy atom. The van der Waals surface area contributed by atoms with E-state index in [1.54, 1.807) is 7.11 Å². The number of hydrogen-bond acceptors (Lipinski definition) is 3. The summed E-state index contributed by atoms with van der Waals surface area (Å²) in [6, 6.07) is 7.72. The molecule has 0 saturated heterocycles. The summed E-state index contributed by atoms with van der Waals surface area (Å²) < 4.78 is 5.46. The highest BCUT2D eigenvalue weighted by Crippen LogP contribution is 2.23. The van der Waals surface area contributed by atoms with Gasteiger partial charge in [0.1, 0.15) is 5.75 Å². The average molecular weight is 361 g/mol. The predicted molar refractivity (Wildman–Crippen MR) is 103 cm³/mol. The lowest BCUT2D eigenvalue weighted by atomic mass is 10.1. The van der Waals surface area contributed by atoms with E-state index in [2.05, 4.69) is 20.6 Å². The summed E-state index contributed by atoms with van der Waals surface area (Å²) in [6.45, 7) is 7.96. The Labute approximate surface area is 154 Å². The average Bonchev–Trinajstić information content (AvgIpc) is 2.59. The Morgan fingerprint density at radius 3 is 2.76 bits per heavy atom. The predicted octanol–water partition coefficient (Wildman–Crippen LogP) is 3.62. The molecule has 6 heteroatoms. The van der Waals surface area contributed by atoms with E-state index in [9.17, 15) is 0 Å². The van der Waals surface area contributed by atoms with Crippen molar-refractivity contribution in [1.82, 2.24) is 15.6 Å². The van der Waals surface area contributed by atoms with Crippen molar-refractivity contribution in [2.24, 2.45) is 4.99 Å². The van der Waals surface area contributed by atoms with E-state index in [-0.39, 0.29) is 0 Å². The van der Waals surface area contributed by atoms with Gasteiger partial charge < -0.3 is 15.4 Å². The summed E-state index contributed by atoms with van der Waals surface area (Å²) in [5.74, 6) is 1.62.